The predicted molar refractivity (Wildman–Crippen MR) is 141 cm³/mol. The van der Waals surface area contributed by atoms with E-state index in [0.29, 0.717) is 34.4 Å². The number of hydrogen-bond acceptors (Lipinski definition) is 3. The maximum absolute atomic E-state index is 13.5. The van der Waals surface area contributed by atoms with Crippen LogP contribution in [0.15, 0.2) is 66.9 Å². The third-order valence-corrected chi connectivity index (χ3v) is 6.67. The van der Waals surface area contributed by atoms with Crippen molar-refractivity contribution in [3.8, 4) is 5.69 Å². The third kappa shape index (κ3) is 5.20. The molecule has 2 aromatic carbocycles. The van der Waals surface area contributed by atoms with Gasteiger partial charge in [-0.3, -0.25) is 9.78 Å². The number of aromatic nitrogens is 3. The van der Waals surface area contributed by atoms with E-state index in [1.165, 1.54) is 12.1 Å². The van der Waals surface area contributed by atoms with Gasteiger partial charge in [0.15, 0.2) is 5.69 Å². The lowest BCUT2D eigenvalue weighted by atomic mass is 10.0. The van der Waals surface area contributed by atoms with E-state index in [2.05, 4.69) is 10.3 Å². The van der Waals surface area contributed by atoms with Gasteiger partial charge in [0, 0.05) is 16.8 Å². The summed E-state index contributed by atoms with van der Waals surface area (Å²) >= 11 is 12.7. The fourth-order valence-corrected chi connectivity index (χ4v) is 4.91. The molecule has 2 heterocycles. The Bertz CT molecular complexity index is 1430. The fraction of sp³-hybridized carbons (Fsp3) is 0.179. The molecule has 0 unspecified atom stereocenters. The minimum absolute atomic E-state index is 0.274. The highest BCUT2D eigenvalue weighted by atomic mass is 35.5. The lowest BCUT2D eigenvalue weighted by Crippen LogP contribution is -2.25. The first-order valence-corrected chi connectivity index (χ1v) is 12.5. The molecule has 1 aliphatic rings. The Morgan fingerprint density at radius 3 is 2.61 bits per heavy atom. The Hall–Kier alpha value is -3.48. The first-order chi connectivity index (χ1) is 17.5. The molecule has 0 bridgehead atoms. The second kappa shape index (κ2) is 10.6. The van der Waals surface area contributed by atoms with Gasteiger partial charge in [-0.05, 0) is 85.4 Å². The second-order valence-corrected chi connectivity index (χ2v) is 9.46. The van der Waals surface area contributed by atoms with Crippen LogP contribution in [0.25, 0.3) is 17.3 Å². The smallest absolute Gasteiger partial charge is 0.272 e. The molecule has 5 rings (SSSR count). The number of carbonyl (C=O) groups excluding carboxylic acids is 1. The van der Waals surface area contributed by atoms with Crippen LogP contribution in [0.4, 0.5) is 4.39 Å². The van der Waals surface area contributed by atoms with E-state index in [1.807, 2.05) is 24.3 Å². The highest BCUT2D eigenvalue weighted by Crippen LogP contribution is 2.36. The van der Waals surface area contributed by atoms with Crippen molar-refractivity contribution >= 4 is 40.8 Å². The number of allylic oxidation sites excluding steroid dienone is 1. The summed E-state index contributed by atoms with van der Waals surface area (Å²) in [5, 5.41) is 8.66. The number of fused-ring (bicyclic) bond motifs is 1. The van der Waals surface area contributed by atoms with Crippen LogP contribution >= 0.6 is 23.2 Å². The lowest BCUT2D eigenvalue weighted by Gasteiger charge is -2.13. The zero-order chi connectivity index (χ0) is 25.1. The number of rotatable bonds is 5. The van der Waals surface area contributed by atoms with Gasteiger partial charge in [-0.1, -0.05) is 41.4 Å². The Balaban J connectivity index is 1.62. The summed E-state index contributed by atoms with van der Waals surface area (Å²) in [6.07, 6.45) is 7.07. The van der Waals surface area contributed by atoms with Crippen molar-refractivity contribution < 1.29 is 9.18 Å². The van der Waals surface area contributed by atoms with Crippen molar-refractivity contribution in [2.24, 2.45) is 0 Å². The van der Waals surface area contributed by atoms with Crippen molar-refractivity contribution in [2.45, 2.75) is 32.2 Å². The molecule has 0 aliphatic heterocycles. The van der Waals surface area contributed by atoms with Crippen LogP contribution in [0, 0.1) is 5.82 Å². The van der Waals surface area contributed by atoms with E-state index in [4.69, 9.17) is 28.3 Å². The van der Waals surface area contributed by atoms with E-state index >= 15 is 0 Å². The monoisotopic (exact) mass is 520 g/mol. The second-order valence-electron chi connectivity index (χ2n) is 8.62. The molecule has 0 saturated heterocycles. The average Bonchev–Trinajstić information content (AvgIpc) is 3.13. The van der Waals surface area contributed by atoms with Crippen molar-refractivity contribution in [3.05, 3.63) is 111 Å². The number of carbonyl (C=O) groups is 1. The third-order valence-electron chi connectivity index (χ3n) is 6.13. The summed E-state index contributed by atoms with van der Waals surface area (Å²) in [5.74, 6) is -0.563. The number of amides is 1. The summed E-state index contributed by atoms with van der Waals surface area (Å²) in [5.41, 5.74) is 5.34. The van der Waals surface area contributed by atoms with Gasteiger partial charge >= 0.3 is 0 Å². The van der Waals surface area contributed by atoms with Crippen LogP contribution in [0.5, 0.6) is 0 Å². The van der Waals surface area contributed by atoms with E-state index in [0.717, 1.165) is 47.4 Å². The maximum atomic E-state index is 13.5. The summed E-state index contributed by atoms with van der Waals surface area (Å²) in [4.78, 5) is 17.6. The number of halogens is 3. The quantitative estimate of drug-likeness (QED) is 0.291. The van der Waals surface area contributed by atoms with Crippen LogP contribution in [-0.2, 0) is 13.0 Å². The van der Waals surface area contributed by atoms with Crippen molar-refractivity contribution in [1.82, 2.24) is 20.1 Å². The molecule has 0 atom stereocenters. The van der Waals surface area contributed by atoms with Crippen molar-refractivity contribution in [1.29, 1.82) is 0 Å². The molecule has 1 aliphatic carbocycles. The Kier molecular flexibility index (Phi) is 7.16. The minimum atomic E-state index is -0.288. The molecule has 36 heavy (non-hydrogen) atoms. The predicted octanol–water partition coefficient (Wildman–Crippen LogP) is 6.91. The van der Waals surface area contributed by atoms with Crippen molar-refractivity contribution in [3.63, 3.8) is 0 Å². The zero-order valence-electron chi connectivity index (χ0n) is 19.3. The topological polar surface area (TPSA) is 59.8 Å². The van der Waals surface area contributed by atoms with Crippen LogP contribution in [0.3, 0.4) is 0 Å². The van der Waals surface area contributed by atoms with Gasteiger partial charge in [0.1, 0.15) is 5.82 Å². The van der Waals surface area contributed by atoms with Gasteiger partial charge in [-0.2, -0.15) is 5.10 Å². The molecule has 182 valence electrons. The standard InChI is InChI=1S/C28H23Cl2FN4O/c29-20-10-13-25(24(30)16-20)35-27-19(15-18-8-11-21(31)12-9-18)5-1-2-7-23(27)26(34-35)28(36)33-17-22-6-3-4-14-32-22/h3-4,6,8-16H,1-2,5,7,17H2,(H,33,36). The lowest BCUT2D eigenvalue weighted by molar-refractivity contribution is 0.0944. The number of hydrogen-bond donors (Lipinski definition) is 1. The summed E-state index contributed by atoms with van der Waals surface area (Å²) in [6.45, 7) is 0.293. The molecule has 0 radical (unpaired) electrons. The molecule has 2 aromatic heterocycles. The van der Waals surface area contributed by atoms with Crippen LogP contribution < -0.4 is 5.32 Å². The molecule has 1 amide bonds. The molecule has 5 nitrogen and oxygen atoms in total. The molecule has 4 aromatic rings. The highest BCUT2D eigenvalue weighted by Gasteiger charge is 2.28. The molecule has 8 heteroatoms. The van der Waals surface area contributed by atoms with Gasteiger partial charge in [-0.15, -0.1) is 0 Å². The van der Waals surface area contributed by atoms with Crippen LogP contribution in [0.2, 0.25) is 10.0 Å². The number of benzene rings is 2. The highest BCUT2D eigenvalue weighted by molar-refractivity contribution is 6.35. The van der Waals surface area contributed by atoms with Crippen LogP contribution in [0.1, 0.15) is 52.3 Å². The van der Waals surface area contributed by atoms with E-state index < -0.39 is 0 Å². The number of nitrogens with zero attached hydrogens (tertiary/aromatic N) is 3. The SMILES string of the molecule is O=C(NCc1ccccn1)c1nn(-c2ccc(Cl)cc2Cl)c2c1CCCCC2=Cc1ccc(F)cc1. The van der Waals surface area contributed by atoms with Gasteiger partial charge in [0.05, 0.1) is 28.6 Å². The molecular formula is C28H23Cl2FN4O. The van der Waals surface area contributed by atoms with E-state index in [1.54, 1.807) is 41.2 Å². The molecule has 0 spiro atoms. The zero-order valence-corrected chi connectivity index (χ0v) is 20.9. The first-order valence-electron chi connectivity index (χ1n) is 11.7. The van der Waals surface area contributed by atoms with Gasteiger partial charge < -0.3 is 5.32 Å². The normalized spacial score (nSPS) is 14.4. The fourth-order valence-electron chi connectivity index (χ4n) is 4.42. The number of nitrogens with one attached hydrogen (secondary N) is 1. The molecule has 0 fully saturated rings. The van der Waals surface area contributed by atoms with Gasteiger partial charge in [0.25, 0.3) is 5.91 Å². The summed E-state index contributed by atoms with van der Waals surface area (Å²) < 4.78 is 15.3. The number of pyridine rings is 1. The molecule has 1 N–H and O–H groups in total. The molecular weight excluding hydrogens is 498 g/mol. The van der Waals surface area contributed by atoms with Gasteiger partial charge in [0.2, 0.25) is 0 Å². The molecule has 0 saturated carbocycles. The maximum Gasteiger partial charge on any atom is 0.272 e. The Labute approximate surface area is 218 Å². The van der Waals surface area contributed by atoms with E-state index in [9.17, 15) is 9.18 Å². The van der Waals surface area contributed by atoms with Gasteiger partial charge in [-0.25, -0.2) is 9.07 Å². The average molecular weight is 521 g/mol. The summed E-state index contributed by atoms with van der Waals surface area (Å²) in [6, 6.07) is 17.1. The minimum Gasteiger partial charge on any atom is -0.345 e. The first kappa shape index (κ1) is 24.2. The Morgan fingerprint density at radius 1 is 1.06 bits per heavy atom. The van der Waals surface area contributed by atoms with Crippen LogP contribution in [-0.4, -0.2) is 20.7 Å². The Morgan fingerprint density at radius 2 is 1.86 bits per heavy atom. The van der Waals surface area contributed by atoms with E-state index in [-0.39, 0.29) is 11.7 Å². The van der Waals surface area contributed by atoms with Crippen molar-refractivity contribution in [2.75, 3.05) is 0 Å². The largest absolute Gasteiger partial charge is 0.345 e. The summed E-state index contributed by atoms with van der Waals surface area (Å²) in [7, 11) is 0.